The summed E-state index contributed by atoms with van der Waals surface area (Å²) in [5.41, 5.74) is 0.827. The normalized spacial score (nSPS) is 9.29. The van der Waals surface area contributed by atoms with E-state index in [1.165, 1.54) is 11.5 Å². The third-order valence-corrected chi connectivity index (χ3v) is 1.30. The van der Waals surface area contributed by atoms with Crippen molar-refractivity contribution in [1.82, 2.24) is 9.59 Å². The number of rotatable bonds is 1. The lowest BCUT2D eigenvalue weighted by atomic mass is 10.6. The van der Waals surface area contributed by atoms with Gasteiger partial charge in [0.15, 0.2) is 0 Å². The van der Waals surface area contributed by atoms with Gasteiger partial charge in [0.25, 0.3) is 0 Å². The van der Waals surface area contributed by atoms with E-state index in [-0.39, 0.29) is 0 Å². The minimum Gasteiger partial charge on any atom is -0.168 e. The summed E-state index contributed by atoms with van der Waals surface area (Å²) < 4.78 is 3.60. The molecule has 1 radical (unpaired) electrons. The van der Waals surface area contributed by atoms with Crippen molar-refractivity contribution in [3.05, 3.63) is 16.8 Å². The summed E-state index contributed by atoms with van der Waals surface area (Å²) in [6.07, 6.45) is 0. The maximum atomic E-state index is 3.86. The second kappa shape index (κ2) is 2.28. The molecule has 0 aromatic carbocycles. The Labute approximate surface area is 51.1 Å². The average molecular weight is 131 g/mol. The van der Waals surface area contributed by atoms with Crippen LogP contribution >= 0.6 is 24.2 Å². The molecular formula is C3H3N2S2. The monoisotopic (exact) mass is 131 g/mol. The fourth-order valence-electron chi connectivity index (χ4n) is 0.228. The zero-order valence-electron chi connectivity index (χ0n) is 3.40. The lowest BCUT2D eigenvalue weighted by Crippen LogP contribution is -1.70. The van der Waals surface area contributed by atoms with Crippen LogP contribution in [0.3, 0.4) is 0 Å². The highest BCUT2D eigenvalue weighted by Gasteiger charge is 1.87. The van der Waals surface area contributed by atoms with Gasteiger partial charge >= 0.3 is 0 Å². The number of thiol groups is 1. The van der Waals surface area contributed by atoms with Gasteiger partial charge in [0.1, 0.15) is 0 Å². The third-order valence-electron chi connectivity index (χ3n) is 0.509. The minimum atomic E-state index is 0.827. The van der Waals surface area contributed by atoms with Crippen LogP contribution in [-0.4, -0.2) is 9.59 Å². The molecule has 0 spiro atoms. The molecule has 0 bridgehead atoms. The first kappa shape index (κ1) is 5.05. The fourth-order valence-corrected chi connectivity index (χ4v) is 0.867. The van der Waals surface area contributed by atoms with Crippen molar-refractivity contribution >= 4 is 24.2 Å². The predicted molar refractivity (Wildman–Crippen MR) is 32.3 cm³/mol. The number of aromatic nitrogens is 2. The molecule has 1 rings (SSSR count). The van der Waals surface area contributed by atoms with E-state index in [0.717, 1.165) is 5.69 Å². The van der Waals surface area contributed by atoms with Gasteiger partial charge in [-0.3, -0.25) is 0 Å². The fraction of sp³-hybridized carbons (Fsp3) is 0. The first-order valence-corrected chi connectivity index (χ1v) is 3.03. The number of hydrogen-bond acceptors (Lipinski definition) is 4. The Morgan fingerprint density at radius 2 is 2.71 bits per heavy atom. The highest BCUT2D eigenvalue weighted by Crippen LogP contribution is 2.00. The quantitative estimate of drug-likeness (QED) is 0.575. The van der Waals surface area contributed by atoms with Crippen LogP contribution in [0.1, 0.15) is 5.69 Å². The van der Waals surface area contributed by atoms with Crippen molar-refractivity contribution in [2.75, 3.05) is 0 Å². The summed E-state index contributed by atoms with van der Waals surface area (Å²) in [5, 5.41) is 5.50. The molecule has 2 nitrogen and oxygen atoms in total. The summed E-state index contributed by atoms with van der Waals surface area (Å²) in [6.45, 7) is 0. The second-order valence-electron chi connectivity index (χ2n) is 0.959. The standard InChI is InChI=1S/C3H3N2S2/c6-1-3-2-7-5-4-3/h1-2,6H. The highest BCUT2D eigenvalue weighted by molar-refractivity contribution is 7.82. The van der Waals surface area contributed by atoms with Crippen LogP contribution in [0.15, 0.2) is 5.38 Å². The average Bonchev–Trinajstić information content (AvgIpc) is 2.14. The van der Waals surface area contributed by atoms with E-state index in [2.05, 4.69) is 22.2 Å². The predicted octanol–water partition coefficient (Wildman–Crippen LogP) is 0.978. The van der Waals surface area contributed by atoms with E-state index in [0.29, 0.717) is 0 Å². The van der Waals surface area contributed by atoms with E-state index < -0.39 is 0 Å². The molecule has 0 aliphatic heterocycles. The molecule has 1 aromatic rings. The molecule has 0 aliphatic rings. The van der Waals surface area contributed by atoms with E-state index in [9.17, 15) is 0 Å². The van der Waals surface area contributed by atoms with Crippen LogP contribution in [-0.2, 0) is 0 Å². The van der Waals surface area contributed by atoms with Crippen LogP contribution < -0.4 is 0 Å². The Balaban J connectivity index is 2.76. The van der Waals surface area contributed by atoms with Gasteiger partial charge in [-0.25, -0.2) is 0 Å². The molecule has 0 fully saturated rings. The maximum absolute atomic E-state index is 3.86. The summed E-state index contributed by atoms with van der Waals surface area (Å²) in [6, 6.07) is 0. The van der Waals surface area contributed by atoms with Crippen molar-refractivity contribution in [2.45, 2.75) is 0 Å². The molecule has 1 aromatic heterocycles. The van der Waals surface area contributed by atoms with Crippen LogP contribution in [0.25, 0.3) is 0 Å². The molecule has 0 saturated heterocycles. The van der Waals surface area contributed by atoms with Crippen LogP contribution in [0, 0.1) is 5.75 Å². The summed E-state index contributed by atoms with van der Waals surface area (Å²) in [5.74, 6) is 1.61. The highest BCUT2D eigenvalue weighted by atomic mass is 32.1. The largest absolute Gasteiger partial charge is 0.168 e. The van der Waals surface area contributed by atoms with Gasteiger partial charge < -0.3 is 0 Å². The molecule has 4 heteroatoms. The second-order valence-corrected chi connectivity index (χ2v) is 1.83. The van der Waals surface area contributed by atoms with Gasteiger partial charge in [-0.2, -0.15) is 12.6 Å². The number of hydrogen-bond donors (Lipinski definition) is 1. The summed E-state index contributed by atoms with van der Waals surface area (Å²) in [7, 11) is 0. The zero-order valence-corrected chi connectivity index (χ0v) is 5.12. The van der Waals surface area contributed by atoms with Crippen molar-refractivity contribution in [1.29, 1.82) is 0 Å². The van der Waals surface area contributed by atoms with Crippen LogP contribution in [0.5, 0.6) is 0 Å². The molecule has 0 atom stereocenters. The van der Waals surface area contributed by atoms with E-state index in [1.54, 1.807) is 5.75 Å². The Morgan fingerprint density at radius 1 is 1.86 bits per heavy atom. The zero-order chi connectivity index (χ0) is 5.11. The smallest absolute Gasteiger partial charge is 0.0897 e. The first-order valence-electron chi connectivity index (χ1n) is 1.68. The molecule has 0 N–H and O–H groups in total. The molecular weight excluding hydrogens is 128 g/mol. The molecule has 0 aliphatic carbocycles. The lowest BCUT2D eigenvalue weighted by Gasteiger charge is -1.73. The lowest BCUT2D eigenvalue weighted by molar-refractivity contribution is 1.12. The third kappa shape index (κ3) is 1.14. The van der Waals surface area contributed by atoms with Crippen molar-refractivity contribution < 1.29 is 0 Å². The first-order chi connectivity index (χ1) is 3.43. The Kier molecular flexibility index (Phi) is 1.64. The molecule has 1 heterocycles. The Morgan fingerprint density at radius 3 is 3.00 bits per heavy atom. The van der Waals surface area contributed by atoms with Gasteiger partial charge in [-0.15, -0.1) is 5.10 Å². The Hall–Kier alpha value is -0.0900. The Bertz CT molecular complexity index is 125. The van der Waals surface area contributed by atoms with Crippen molar-refractivity contribution in [2.24, 2.45) is 0 Å². The molecule has 0 amide bonds. The van der Waals surface area contributed by atoms with Gasteiger partial charge in [-0.1, -0.05) is 4.49 Å². The summed E-state index contributed by atoms with van der Waals surface area (Å²) >= 11 is 5.18. The van der Waals surface area contributed by atoms with Crippen LogP contribution in [0.4, 0.5) is 0 Å². The van der Waals surface area contributed by atoms with Gasteiger partial charge in [0, 0.05) is 5.38 Å². The van der Waals surface area contributed by atoms with Crippen molar-refractivity contribution in [3.8, 4) is 0 Å². The van der Waals surface area contributed by atoms with Gasteiger partial charge in [-0.05, 0) is 11.5 Å². The summed E-state index contributed by atoms with van der Waals surface area (Å²) in [4.78, 5) is 0. The van der Waals surface area contributed by atoms with E-state index >= 15 is 0 Å². The molecule has 0 unspecified atom stereocenters. The van der Waals surface area contributed by atoms with Gasteiger partial charge in [0.05, 0.1) is 11.4 Å². The maximum Gasteiger partial charge on any atom is 0.0897 e. The van der Waals surface area contributed by atoms with Crippen LogP contribution in [0.2, 0.25) is 0 Å². The topological polar surface area (TPSA) is 25.8 Å². The molecule has 37 valence electrons. The SMILES string of the molecule is S[CH]c1csnn1. The van der Waals surface area contributed by atoms with Crippen molar-refractivity contribution in [3.63, 3.8) is 0 Å². The van der Waals surface area contributed by atoms with Gasteiger partial charge in [0.2, 0.25) is 0 Å². The number of nitrogens with zero attached hydrogens (tertiary/aromatic N) is 2. The van der Waals surface area contributed by atoms with E-state index in [4.69, 9.17) is 0 Å². The van der Waals surface area contributed by atoms with E-state index in [1.807, 2.05) is 5.38 Å². The minimum absolute atomic E-state index is 0.827. The molecule has 7 heavy (non-hydrogen) atoms. The molecule has 0 saturated carbocycles.